The quantitative estimate of drug-likeness (QED) is 0.924. The van der Waals surface area contributed by atoms with Gasteiger partial charge in [-0.3, -0.25) is 4.79 Å². The number of ether oxygens (including phenoxy) is 2. The summed E-state index contributed by atoms with van der Waals surface area (Å²) >= 11 is 0. The van der Waals surface area contributed by atoms with Crippen molar-refractivity contribution in [3.8, 4) is 5.88 Å². The number of nitrogens with zero attached hydrogens (tertiary/aromatic N) is 3. The van der Waals surface area contributed by atoms with E-state index in [1.165, 1.54) is 6.92 Å². The Labute approximate surface area is 128 Å². The zero-order valence-electron chi connectivity index (χ0n) is 12.6. The Balaban J connectivity index is 2.04. The minimum atomic E-state index is -0.117. The Hall–Kier alpha value is -2.41. The van der Waals surface area contributed by atoms with Crippen LogP contribution in [0.4, 0.5) is 11.6 Å². The number of fused-ring (bicyclic) bond motifs is 1. The molecule has 22 heavy (non-hydrogen) atoms. The van der Waals surface area contributed by atoms with Crippen molar-refractivity contribution in [1.82, 2.24) is 9.97 Å². The molecule has 0 unspecified atom stereocenters. The number of carbonyl (C=O) groups excluding carboxylic acids is 1. The number of amides is 1. The fourth-order valence-electron chi connectivity index (χ4n) is 2.43. The number of rotatable bonds is 3. The smallest absolute Gasteiger partial charge is 0.229 e. The van der Waals surface area contributed by atoms with E-state index in [-0.39, 0.29) is 5.91 Å². The average Bonchev–Trinajstić information content (AvgIpc) is 2.53. The van der Waals surface area contributed by atoms with E-state index < -0.39 is 0 Å². The molecule has 1 amide bonds. The molecule has 7 nitrogen and oxygen atoms in total. The van der Waals surface area contributed by atoms with Gasteiger partial charge in [0.15, 0.2) is 0 Å². The van der Waals surface area contributed by atoms with Crippen LogP contribution >= 0.6 is 0 Å². The van der Waals surface area contributed by atoms with Gasteiger partial charge in [-0.25, -0.2) is 4.98 Å². The maximum Gasteiger partial charge on any atom is 0.229 e. The number of aromatic nitrogens is 2. The molecule has 1 fully saturated rings. The van der Waals surface area contributed by atoms with Gasteiger partial charge in [0.05, 0.1) is 31.2 Å². The van der Waals surface area contributed by atoms with Crippen LogP contribution in [0, 0.1) is 0 Å². The highest BCUT2D eigenvalue weighted by Gasteiger charge is 2.17. The molecule has 116 valence electrons. The van der Waals surface area contributed by atoms with Crippen molar-refractivity contribution in [2.24, 2.45) is 0 Å². The van der Waals surface area contributed by atoms with Crippen molar-refractivity contribution in [3.63, 3.8) is 0 Å². The molecule has 1 N–H and O–H groups in total. The molecule has 0 atom stereocenters. The number of carbonyl (C=O) groups is 1. The summed E-state index contributed by atoms with van der Waals surface area (Å²) in [6.45, 7) is 4.30. The minimum absolute atomic E-state index is 0.117. The summed E-state index contributed by atoms with van der Waals surface area (Å²) in [5.74, 6) is 1.03. The summed E-state index contributed by atoms with van der Waals surface area (Å²) in [6.07, 6.45) is 0. The van der Waals surface area contributed by atoms with Gasteiger partial charge in [0.25, 0.3) is 0 Å². The van der Waals surface area contributed by atoms with Gasteiger partial charge in [-0.1, -0.05) is 0 Å². The molecule has 3 rings (SSSR count). The maximum absolute atomic E-state index is 11.2. The van der Waals surface area contributed by atoms with Crippen molar-refractivity contribution in [3.05, 3.63) is 18.2 Å². The van der Waals surface area contributed by atoms with Gasteiger partial charge < -0.3 is 19.7 Å². The average molecular weight is 302 g/mol. The van der Waals surface area contributed by atoms with E-state index in [1.807, 2.05) is 18.2 Å². The molecule has 0 aliphatic carbocycles. The van der Waals surface area contributed by atoms with E-state index >= 15 is 0 Å². The van der Waals surface area contributed by atoms with E-state index in [1.54, 1.807) is 7.11 Å². The zero-order valence-corrected chi connectivity index (χ0v) is 12.6. The largest absolute Gasteiger partial charge is 0.480 e. The van der Waals surface area contributed by atoms with Gasteiger partial charge in [-0.15, -0.1) is 0 Å². The monoisotopic (exact) mass is 302 g/mol. The number of nitrogens with one attached hydrogen (secondary N) is 1. The van der Waals surface area contributed by atoms with E-state index in [4.69, 9.17) is 9.47 Å². The van der Waals surface area contributed by atoms with E-state index in [9.17, 15) is 4.79 Å². The normalized spacial score (nSPS) is 14.9. The SMILES string of the molecule is COc1nc(N2CCOCC2)nc2cc(NC(C)=O)ccc12. The highest BCUT2D eigenvalue weighted by Crippen LogP contribution is 2.27. The molecule has 0 bridgehead atoms. The van der Waals surface area contributed by atoms with Crippen molar-refractivity contribution >= 4 is 28.4 Å². The van der Waals surface area contributed by atoms with Gasteiger partial charge in [-0.05, 0) is 18.2 Å². The number of anilines is 2. The molecular formula is C15H18N4O3. The number of morpholine rings is 1. The lowest BCUT2D eigenvalue weighted by Gasteiger charge is -2.27. The van der Waals surface area contributed by atoms with Crippen LogP contribution in [0.25, 0.3) is 10.9 Å². The Bertz CT molecular complexity index is 698. The van der Waals surface area contributed by atoms with Gasteiger partial charge >= 0.3 is 0 Å². The minimum Gasteiger partial charge on any atom is -0.480 e. The fraction of sp³-hybridized carbons (Fsp3) is 0.400. The molecule has 7 heteroatoms. The first-order valence-electron chi connectivity index (χ1n) is 7.13. The van der Waals surface area contributed by atoms with Crippen LogP contribution in [-0.2, 0) is 9.53 Å². The first kappa shape index (κ1) is 14.5. The molecule has 1 aromatic heterocycles. The van der Waals surface area contributed by atoms with Crippen molar-refractivity contribution in [2.45, 2.75) is 6.92 Å². The molecule has 0 radical (unpaired) electrons. The Morgan fingerprint density at radius 2 is 2.09 bits per heavy atom. The van der Waals surface area contributed by atoms with Gasteiger partial charge in [0.1, 0.15) is 0 Å². The van der Waals surface area contributed by atoms with Crippen LogP contribution in [0.3, 0.4) is 0 Å². The Morgan fingerprint density at radius 3 is 2.77 bits per heavy atom. The number of hydrogen-bond donors (Lipinski definition) is 1. The van der Waals surface area contributed by atoms with Crippen LogP contribution in [0.15, 0.2) is 18.2 Å². The Kier molecular flexibility index (Phi) is 4.06. The molecular weight excluding hydrogens is 284 g/mol. The van der Waals surface area contributed by atoms with Gasteiger partial charge in [-0.2, -0.15) is 4.98 Å². The highest BCUT2D eigenvalue weighted by molar-refractivity contribution is 5.93. The third-order valence-corrected chi connectivity index (χ3v) is 3.46. The Morgan fingerprint density at radius 1 is 1.32 bits per heavy atom. The van der Waals surface area contributed by atoms with Crippen molar-refractivity contribution < 1.29 is 14.3 Å². The number of methoxy groups -OCH3 is 1. The predicted octanol–water partition coefficient (Wildman–Crippen LogP) is 1.43. The molecule has 2 aromatic rings. The van der Waals surface area contributed by atoms with Crippen LogP contribution in [-0.4, -0.2) is 49.3 Å². The summed E-state index contributed by atoms with van der Waals surface area (Å²) < 4.78 is 10.7. The van der Waals surface area contributed by atoms with Crippen LogP contribution in [0.5, 0.6) is 5.88 Å². The van der Waals surface area contributed by atoms with E-state index in [0.717, 1.165) is 24.0 Å². The molecule has 0 saturated carbocycles. The predicted molar refractivity (Wildman–Crippen MR) is 83.4 cm³/mol. The third kappa shape index (κ3) is 2.94. The summed E-state index contributed by atoms with van der Waals surface area (Å²) in [5, 5.41) is 3.57. The lowest BCUT2D eigenvalue weighted by atomic mass is 10.2. The van der Waals surface area contributed by atoms with Crippen LogP contribution in [0.1, 0.15) is 6.92 Å². The van der Waals surface area contributed by atoms with Crippen molar-refractivity contribution in [2.75, 3.05) is 43.6 Å². The lowest BCUT2D eigenvalue weighted by Crippen LogP contribution is -2.37. The first-order valence-corrected chi connectivity index (χ1v) is 7.13. The van der Waals surface area contributed by atoms with Crippen LogP contribution in [0.2, 0.25) is 0 Å². The van der Waals surface area contributed by atoms with E-state index in [0.29, 0.717) is 30.7 Å². The second kappa shape index (κ2) is 6.15. The topological polar surface area (TPSA) is 76.6 Å². The lowest BCUT2D eigenvalue weighted by molar-refractivity contribution is -0.114. The zero-order chi connectivity index (χ0) is 15.5. The standard InChI is InChI=1S/C15H18N4O3/c1-10(20)16-11-3-4-12-13(9-11)17-15(18-14(12)21-2)19-5-7-22-8-6-19/h3-4,9H,5-8H2,1-2H3,(H,16,20). The molecule has 1 aliphatic rings. The first-order chi connectivity index (χ1) is 10.7. The van der Waals surface area contributed by atoms with E-state index in [2.05, 4.69) is 20.2 Å². The second-order valence-corrected chi connectivity index (χ2v) is 5.05. The molecule has 1 saturated heterocycles. The molecule has 0 spiro atoms. The molecule has 2 heterocycles. The molecule has 1 aliphatic heterocycles. The number of benzene rings is 1. The summed E-state index contributed by atoms with van der Waals surface area (Å²) in [5.41, 5.74) is 1.44. The molecule has 1 aromatic carbocycles. The maximum atomic E-state index is 11.2. The number of hydrogen-bond acceptors (Lipinski definition) is 6. The summed E-state index contributed by atoms with van der Waals surface area (Å²) in [4.78, 5) is 22.3. The fourth-order valence-corrected chi connectivity index (χ4v) is 2.43. The van der Waals surface area contributed by atoms with Gasteiger partial charge in [0.2, 0.25) is 17.7 Å². The van der Waals surface area contributed by atoms with Crippen molar-refractivity contribution in [1.29, 1.82) is 0 Å². The van der Waals surface area contributed by atoms with Crippen LogP contribution < -0.4 is 15.0 Å². The second-order valence-electron chi connectivity index (χ2n) is 5.05. The summed E-state index contributed by atoms with van der Waals surface area (Å²) in [7, 11) is 1.59. The third-order valence-electron chi connectivity index (χ3n) is 3.46. The highest BCUT2D eigenvalue weighted by atomic mass is 16.5. The van der Waals surface area contributed by atoms with Gasteiger partial charge in [0, 0.05) is 25.7 Å². The summed E-state index contributed by atoms with van der Waals surface area (Å²) in [6, 6.07) is 5.48.